The molecule has 8 nitrogen and oxygen atoms in total. The van der Waals surface area contributed by atoms with E-state index >= 15 is 0 Å². The fourth-order valence-corrected chi connectivity index (χ4v) is 3.64. The van der Waals surface area contributed by atoms with Crippen LogP contribution in [0.2, 0.25) is 0 Å². The summed E-state index contributed by atoms with van der Waals surface area (Å²) in [6.45, 7) is -0.0308. The molecule has 9 heteroatoms. The third kappa shape index (κ3) is 4.41. The molecule has 1 heterocycles. The molecule has 2 aromatic carbocycles. The van der Waals surface area contributed by atoms with E-state index in [0.717, 1.165) is 12.1 Å². The van der Waals surface area contributed by atoms with Gasteiger partial charge in [0.25, 0.3) is 11.7 Å². The first-order valence-corrected chi connectivity index (χ1v) is 9.76. The van der Waals surface area contributed by atoms with E-state index in [-0.39, 0.29) is 30.5 Å². The molecule has 0 aliphatic carbocycles. The Balaban J connectivity index is 2.17. The summed E-state index contributed by atoms with van der Waals surface area (Å²) in [6.07, 6.45) is -0.0959. The van der Waals surface area contributed by atoms with E-state index in [1.165, 1.54) is 31.3 Å². The summed E-state index contributed by atoms with van der Waals surface area (Å²) >= 11 is 0. The number of hydrogen-bond acceptors (Lipinski definition) is 6. The summed E-state index contributed by atoms with van der Waals surface area (Å²) in [5, 5.41) is 19.9. The Kier molecular flexibility index (Phi) is 6.77. The van der Waals surface area contributed by atoms with Crippen LogP contribution < -0.4 is 9.47 Å². The number of Topliss-reactive ketones (excluding diaryl/α,β-unsaturated/α-hetero) is 1. The van der Waals surface area contributed by atoms with Crippen molar-refractivity contribution in [2.75, 3.05) is 20.8 Å². The zero-order valence-corrected chi connectivity index (χ0v) is 17.5. The number of benzene rings is 2. The molecule has 0 bridgehead atoms. The lowest BCUT2D eigenvalue weighted by Gasteiger charge is -2.26. The summed E-state index contributed by atoms with van der Waals surface area (Å²) in [7, 11) is 2.88. The second kappa shape index (κ2) is 9.51. The van der Waals surface area contributed by atoms with E-state index in [9.17, 15) is 23.9 Å². The number of halogens is 1. The van der Waals surface area contributed by atoms with E-state index in [2.05, 4.69) is 0 Å². The van der Waals surface area contributed by atoms with Gasteiger partial charge < -0.3 is 24.6 Å². The molecule has 2 aromatic rings. The van der Waals surface area contributed by atoms with Crippen LogP contribution >= 0.6 is 0 Å². The maximum atomic E-state index is 13.3. The summed E-state index contributed by atoms with van der Waals surface area (Å²) < 4.78 is 24.0. The van der Waals surface area contributed by atoms with E-state index in [1.807, 2.05) is 0 Å². The highest BCUT2D eigenvalue weighted by molar-refractivity contribution is 6.46. The molecule has 2 N–H and O–H groups in total. The summed E-state index contributed by atoms with van der Waals surface area (Å²) in [5.74, 6) is -3.04. The molecule has 1 aliphatic rings. The number of nitrogens with zero attached hydrogens (tertiary/aromatic N) is 1. The molecule has 1 aliphatic heterocycles. The van der Waals surface area contributed by atoms with Crippen LogP contribution in [0.15, 0.2) is 48.0 Å². The molecular weight excluding hydrogens is 421 g/mol. The number of carboxylic acids is 1. The molecule has 0 radical (unpaired) electrons. The second-order valence-electron chi connectivity index (χ2n) is 7.10. The molecule has 1 fully saturated rings. The molecule has 3 rings (SSSR count). The van der Waals surface area contributed by atoms with Gasteiger partial charge in [-0.15, -0.1) is 0 Å². The second-order valence-corrected chi connectivity index (χ2v) is 7.10. The smallest absolute Gasteiger partial charge is 0.303 e. The van der Waals surface area contributed by atoms with E-state index in [4.69, 9.17) is 14.6 Å². The minimum Gasteiger partial charge on any atom is -0.507 e. The van der Waals surface area contributed by atoms with Crippen LogP contribution in [0.4, 0.5) is 4.39 Å². The number of hydrogen-bond donors (Lipinski definition) is 2. The van der Waals surface area contributed by atoms with Crippen LogP contribution in [0.1, 0.15) is 30.0 Å². The molecule has 1 saturated heterocycles. The molecule has 168 valence electrons. The predicted molar refractivity (Wildman–Crippen MR) is 112 cm³/mol. The third-order valence-corrected chi connectivity index (χ3v) is 5.18. The van der Waals surface area contributed by atoms with Gasteiger partial charge >= 0.3 is 5.97 Å². The number of carboxylic acid groups (broad SMARTS) is 1. The number of likely N-dealkylation sites (tertiary alicyclic amines) is 1. The van der Waals surface area contributed by atoms with Gasteiger partial charge in [-0.3, -0.25) is 14.4 Å². The number of aliphatic carboxylic acids is 1. The number of ether oxygens (including phenoxy) is 2. The molecule has 1 unspecified atom stereocenters. The SMILES string of the molecule is COc1ccc(C2C(=C(O)c3ccc(F)cc3)C(=O)C(=O)N2CCCC(=O)O)c(OC)c1. The zero-order valence-electron chi connectivity index (χ0n) is 17.5. The first-order valence-electron chi connectivity index (χ1n) is 9.76. The van der Waals surface area contributed by atoms with Crippen molar-refractivity contribution in [3.63, 3.8) is 0 Å². The minimum absolute atomic E-state index is 0.0308. The van der Waals surface area contributed by atoms with Crippen molar-refractivity contribution in [1.29, 1.82) is 0 Å². The van der Waals surface area contributed by atoms with Crippen molar-refractivity contribution in [2.45, 2.75) is 18.9 Å². The average molecular weight is 443 g/mol. The topological polar surface area (TPSA) is 113 Å². The van der Waals surface area contributed by atoms with Gasteiger partial charge in [-0.25, -0.2) is 4.39 Å². The lowest BCUT2D eigenvalue weighted by atomic mass is 9.94. The highest BCUT2D eigenvalue weighted by Gasteiger charge is 2.46. The molecule has 32 heavy (non-hydrogen) atoms. The van der Waals surface area contributed by atoms with Gasteiger partial charge in [-0.2, -0.15) is 0 Å². The Morgan fingerprint density at radius 2 is 1.75 bits per heavy atom. The maximum absolute atomic E-state index is 13.3. The minimum atomic E-state index is -1.04. The van der Waals surface area contributed by atoms with Gasteiger partial charge in [0.1, 0.15) is 23.1 Å². The van der Waals surface area contributed by atoms with Crippen molar-refractivity contribution >= 4 is 23.4 Å². The number of ketones is 1. The van der Waals surface area contributed by atoms with Gasteiger partial charge in [-0.05, 0) is 42.8 Å². The number of rotatable bonds is 8. The Labute approximate surface area is 183 Å². The number of amides is 1. The van der Waals surface area contributed by atoms with E-state index in [0.29, 0.717) is 17.1 Å². The van der Waals surface area contributed by atoms with E-state index in [1.54, 1.807) is 18.2 Å². The van der Waals surface area contributed by atoms with Crippen molar-refractivity contribution in [3.8, 4) is 11.5 Å². The van der Waals surface area contributed by atoms with Crippen molar-refractivity contribution in [2.24, 2.45) is 0 Å². The lowest BCUT2D eigenvalue weighted by molar-refractivity contribution is -0.140. The van der Waals surface area contributed by atoms with Crippen LogP contribution in [0, 0.1) is 5.82 Å². The number of carbonyl (C=O) groups excluding carboxylic acids is 2. The van der Waals surface area contributed by atoms with Crippen LogP contribution in [-0.4, -0.2) is 53.5 Å². The van der Waals surface area contributed by atoms with Crippen LogP contribution in [0.5, 0.6) is 11.5 Å². The zero-order chi connectivity index (χ0) is 23.4. The van der Waals surface area contributed by atoms with Crippen molar-refractivity contribution < 1.29 is 38.5 Å². The monoisotopic (exact) mass is 443 g/mol. The summed E-state index contributed by atoms with van der Waals surface area (Å²) in [5.41, 5.74) is 0.374. The van der Waals surface area contributed by atoms with E-state index < -0.39 is 35.3 Å². The first kappa shape index (κ1) is 22.8. The lowest BCUT2D eigenvalue weighted by Crippen LogP contribution is -2.31. The molecular formula is C23H22FNO7. The highest BCUT2D eigenvalue weighted by atomic mass is 19.1. The standard InChI is InChI=1S/C23H22FNO7/c1-31-15-9-10-16(17(12-15)32-2)20-19(21(28)13-5-7-14(24)8-6-13)22(29)23(30)25(20)11-3-4-18(26)27/h5-10,12,20,28H,3-4,11H2,1-2H3,(H,26,27). The van der Waals surface area contributed by atoms with Gasteiger partial charge in [0.2, 0.25) is 0 Å². The first-order chi connectivity index (χ1) is 15.3. The average Bonchev–Trinajstić information content (AvgIpc) is 3.03. The molecule has 0 saturated carbocycles. The normalized spacial score (nSPS) is 17.5. The number of aliphatic hydroxyl groups is 1. The fraction of sp³-hybridized carbons (Fsp3) is 0.261. The Bertz CT molecular complexity index is 1080. The Hall–Kier alpha value is -3.88. The molecule has 0 aromatic heterocycles. The largest absolute Gasteiger partial charge is 0.507 e. The maximum Gasteiger partial charge on any atom is 0.303 e. The highest BCUT2D eigenvalue weighted by Crippen LogP contribution is 2.43. The van der Waals surface area contributed by atoms with Crippen LogP contribution in [-0.2, 0) is 14.4 Å². The quantitative estimate of drug-likeness (QED) is 0.366. The van der Waals surface area contributed by atoms with Crippen LogP contribution in [0.3, 0.4) is 0 Å². The van der Waals surface area contributed by atoms with Crippen LogP contribution in [0.25, 0.3) is 5.76 Å². The molecule has 1 amide bonds. The Morgan fingerprint density at radius 1 is 1.06 bits per heavy atom. The van der Waals surface area contributed by atoms with Gasteiger partial charge in [0.05, 0.1) is 25.8 Å². The molecule has 1 atom stereocenters. The fourth-order valence-electron chi connectivity index (χ4n) is 3.64. The summed E-state index contributed by atoms with van der Waals surface area (Å²) in [6, 6.07) is 8.61. The van der Waals surface area contributed by atoms with Crippen molar-refractivity contribution in [3.05, 3.63) is 65.0 Å². The summed E-state index contributed by atoms with van der Waals surface area (Å²) in [4.78, 5) is 37.9. The van der Waals surface area contributed by atoms with Crippen molar-refractivity contribution in [1.82, 2.24) is 4.90 Å². The number of aliphatic hydroxyl groups excluding tert-OH is 1. The molecule has 0 spiro atoms. The van der Waals surface area contributed by atoms with Gasteiger partial charge in [0, 0.05) is 30.2 Å². The third-order valence-electron chi connectivity index (χ3n) is 5.18. The predicted octanol–water partition coefficient (Wildman–Crippen LogP) is 3.13. The number of methoxy groups -OCH3 is 2. The Morgan fingerprint density at radius 3 is 2.34 bits per heavy atom. The van der Waals surface area contributed by atoms with Gasteiger partial charge in [-0.1, -0.05) is 0 Å². The van der Waals surface area contributed by atoms with Gasteiger partial charge in [0.15, 0.2) is 0 Å². The number of carbonyl (C=O) groups is 3.